The minimum Gasteiger partial charge on any atom is -0.491 e. The molecule has 0 saturated carbocycles. The molecule has 0 aromatic heterocycles. The number of carbonyl (C=O) groups excluding carboxylic acids is 4. The van der Waals surface area contributed by atoms with Crippen molar-refractivity contribution >= 4 is 46.5 Å². The van der Waals surface area contributed by atoms with Crippen LogP contribution >= 0.6 is 22.9 Å². The van der Waals surface area contributed by atoms with E-state index in [9.17, 15) is 19.2 Å². The molecule has 9 heteroatoms. The van der Waals surface area contributed by atoms with Gasteiger partial charge in [-0.15, -0.1) is 0 Å². The number of fused-ring (bicyclic) bond motifs is 1. The van der Waals surface area contributed by atoms with Crippen molar-refractivity contribution in [1.82, 2.24) is 13.7 Å². The number of ether oxygens (including phenoxy) is 1. The van der Waals surface area contributed by atoms with Crippen molar-refractivity contribution in [3.63, 3.8) is 0 Å². The second kappa shape index (κ2) is 6.85. The third-order valence-electron chi connectivity index (χ3n) is 3.88. The Morgan fingerprint density at radius 1 is 1.25 bits per heavy atom. The van der Waals surface area contributed by atoms with E-state index >= 15 is 0 Å². The lowest BCUT2D eigenvalue weighted by Gasteiger charge is -2.27. The standard InChI is InChI=1S/C15H14IN3O5/c16-17-6-7-24-10-3-1-2-8-12(10)15(23)19(14(8)22)9-4-5-11(20)18-13(9)21/h1-3,9,17H,4-7H2,(H,18,20,21). The Labute approximate surface area is 151 Å². The zero-order chi connectivity index (χ0) is 17.3. The molecule has 4 amide bonds. The largest absolute Gasteiger partial charge is 0.491 e. The van der Waals surface area contributed by atoms with Gasteiger partial charge in [0, 0.05) is 35.8 Å². The molecule has 2 aliphatic heterocycles. The molecular weight excluding hydrogens is 429 g/mol. The van der Waals surface area contributed by atoms with Gasteiger partial charge in [0.2, 0.25) is 11.8 Å². The normalized spacial score (nSPS) is 20.2. The zero-order valence-corrected chi connectivity index (χ0v) is 14.7. The summed E-state index contributed by atoms with van der Waals surface area (Å²) in [7, 11) is 0. The maximum absolute atomic E-state index is 12.7. The fourth-order valence-electron chi connectivity index (χ4n) is 2.80. The van der Waals surface area contributed by atoms with Crippen molar-refractivity contribution in [2.75, 3.05) is 13.2 Å². The Bertz CT molecular complexity index is 736. The van der Waals surface area contributed by atoms with Crippen LogP contribution in [-0.2, 0) is 9.59 Å². The summed E-state index contributed by atoms with van der Waals surface area (Å²) in [5.41, 5.74) is 0.380. The Hall–Kier alpha value is -2.01. The van der Waals surface area contributed by atoms with Gasteiger partial charge in [-0.25, -0.2) is 0 Å². The summed E-state index contributed by atoms with van der Waals surface area (Å²) >= 11 is 1.98. The number of amides is 4. The number of imide groups is 2. The molecule has 1 saturated heterocycles. The Kier molecular flexibility index (Phi) is 4.81. The van der Waals surface area contributed by atoms with Gasteiger partial charge in [-0.3, -0.25) is 32.9 Å². The average Bonchev–Trinajstić information content (AvgIpc) is 2.81. The first kappa shape index (κ1) is 16.8. The molecule has 1 fully saturated rings. The van der Waals surface area contributed by atoms with Crippen molar-refractivity contribution in [2.24, 2.45) is 0 Å². The Balaban J connectivity index is 1.89. The number of nitrogens with zero attached hydrogens (tertiary/aromatic N) is 1. The summed E-state index contributed by atoms with van der Waals surface area (Å²) in [6.07, 6.45) is 0.222. The molecule has 2 heterocycles. The summed E-state index contributed by atoms with van der Waals surface area (Å²) < 4.78 is 8.46. The van der Waals surface area contributed by atoms with Gasteiger partial charge in [0.25, 0.3) is 11.8 Å². The van der Waals surface area contributed by atoms with Gasteiger partial charge in [-0.2, -0.15) is 0 Å². The molecule has 126 valence electrons. The first-order chi connectivity index (χ1) is 11.5. The van der Waals surface area contributed by atoms with E-state index in [0.29, 0.717) is 18.9 Å². The number of carbonyl (C=O) groups is 4. The predicted octanol–water partition coefficient (Wildman–Crippen LogP) is 0.406. The molecule has 8 nitrogen and oxygen atoms in total. The van der Waals surface area contributed by atoms with E-state index in [1.807, 2.05) is 22.9 Å². The number of piperidine rings is 1. The fourth-order valence-corrected chi connectivity index (χ4v) is 3.02. The number of hydrogen-bond donors (Lipinski definition) is 2. The molecule has 2 N–H and O–H groups in total. The monoisotopic (exact) mass is 443 g/mol. The van der Waals surface area contributed by atoms with Crippen LogP contribution in [0.5, 0.6) is 5.75 Å². The highest BCUT2D eigenvalue weighted by Crippen LogP contribution is 2.33. The van der Waals surface area contributed by atoms with Crippen LogP contribution < -0.4 is 13.6 Å². The number of nitrogens with one attached hydrogen (secondary N) is 2. The molecule has 1 aromatic carbocycles. The molecule has 3 rings (SSSR count). The van der Waals surface area contributed by atoms with Crippen molar-refractivity contribution in [3.8, 4) is 5.75 Å². The van der Waals surface area contributed by atoms with Gasteiger partial charge in [0.15, 0.2) is 0 Å². The lowest BCUT2D eigenvalue weighted by molar-refractivity contribution is -0.136. The first-order valence-corrected chi connectivity index (χ1v) is 8.43. The quantitative estimate of drug-likeness (QED) is 0.296. The molecule has 0 bridgehead atoms. The van der Waals surface area contributed by atoms with Crippen LogP contribution in [0.4, 0.5) is 0 Å². The molecule has 1 aromatic rings. The van der Waals surface area contributed by atoms with Gasteiger partial charge < -0.3 is 4.74 Å². The Morgan fingerprint density at radius 3 is 2.75 bits per heavy atom. The zero-order valence-electron chi connectivity index (χ0n) is 12.5. The topological polar surface area (TPSA) is 105 Å². The summed E-state index contributed by atoms with van der Waals surface area (Å²) in [5.74, 6) is -1.82. The minimum absolute atomic E-state index is 0.0918. The molecule has 2 aliphatic rings. The molecule has 24 heavy (non-hydrogen) atoms. The fraction of sp³-hybridized carbons (Fsp3) is 0.333. The third kappa shape index (κ3) is 2.88. The number of benzene rings is 1. The summed E-state index contributed by atoms with van der Waals surface area (Å²) in [5, 5.41) is 2.17. The van der Waals surface area contributed by atoms with Gasteiger partial charge in [0.1, 0.15) is 18.4 Å². The number of hydrogen-bond acceptors (Lipinski definition) is 6. The van der Waals surface area contributed by atoms with E-state index in [4.69, 9.17) is 4.74 Å². The minimum atomic E-state index is -0.973. The van der Waals surface area contributed by atoms with Gasteiger partial charge in [-0.05, 0) is 18.6 Å². The van der Waals surface area contributed by atoms with Crippen LogP contribution in [0.25, 0.3) is 0 Å². The van der Waals surface area contributed by atoms with E-state index in [1.54, 1.807) is 12.1 Å². The third-order valence-corrected chi connectivity index (χ3v) is 4.42. The molecule has 0 aliphatic carbocycles. The lowest BCUT2D eigenvalue weighted by atomic mass is 10.0. The van der Waals surface area contributed by atoms with Crippen LogP contribution in [0, 0.1) is 0 Å². The van der Waals surface area contributed by atoms with E-state index in [2.05, 4.69) is 8.85 Å². The highest BCUT2D eigenvalue weighted by Gasteiger charge is 2.45. The summed E-state index contributed by atoms with van der Waals surface area (Å²) in [4.78, 5) is 49.5. The van der Waals surface area contributed by atoms with E-state index in [-0.39, 0.29) is 24.0 Å². The van der Waals surface area contributed by atoms with Crippen LogP contribution in [0.3, 0.4) is 0 Å². The van der Waals surface area contributed by atoms with Crippen LogP contribution in [0.2, 0.25) is 0 Å². The van der Waals surface area contributed by atoms with Crippen LogP contribution in [0.1, 0.15) is 33.6 Å². The summed E-state index contributed by atoms with van der Waals surface area (Å²) in [6.45, 7) is 0.905. The maximum Gasteiger partial charge on any atom is 0.266 e. The van der Waals surface area contributed by atoms with Crippen molar-refractivity contribution in [3.05, 3.63) is 29.3 Å². The summed E-state index contributed by atoms with van der Waals surface area (Å²) in [6, 6.07) is 3.81. The van der Waals surface area contributed by atoms with Gasteiger partial charge in [-0.1, -0.05) is 6.07 Å². The maximum atomic E-state index is 12.7. The van der Waals surface area contributed by atoms with Gasteiger partial charge in [0.05, 0.1) is 11.1 Å². The molecule has 1 unspecified atom stereocenters. The molecule has 1 atom stereocenters. The van der Waals surface area contributed by atoms with Crippen LogP contribution in [0.15, 0.2) is 18.2 Å². The lowest BCUT2D eigenvalue weighted by Crippen LogP contribution is -2.54. The highest BCUT2D eigenvalue weighted by atomic mass is 127. The number of halogens is 1. The van der Waals surface area contributed by atoms with Gasteiger partial charge >= 0.3 is 0 Å². The van der Waals surface area contributed by atoms with E-state index in [0.717, 1.165) is 4.90 Å². The smallest absolute Gasteiger partial charge is 0.266 e. The van der Waals surface area contributed by atoms with E-state index < -0.39 is 29.7 Å². The molecule has 0 radical (unpaired) electrons. The average molecular weight is 443 g/mol. The molecule has 0 spiro atoms. The van der Waals surface area contributed by atoms with Crippen molar-refractivity contribution in [1.29, 1.82) is 0 Å². The Morgan fingerprint density at radius 2 is 2.04 bits per heavy atom. The second-order valence-electron chi connectivity index (χ2n) is 5.36. The first-order valence-electron chi connectivity index (χ1n) is 7.35. The van der Waals surface area contributed by atoms with Crippen LogP contribution in [-0.4, -0.2) is 47.7 Å². The molecular formula is C15H14IN3O5. The SMILES string of the molecule is O=C1CCC(N2C(=O)c3cccc(OCCNI)c3C2=O)C(=O)N1. The second-order valence-corrected chi connectivity index (χ2v) is 6.12. The van der Waals surface area contributed by atoms with Crippen molar-refractivity contribution < 1.29 is 23.9 Å². The predicted molar refractivity (Wildman–Crippen MR) is 90.6 cm³/mol. The van der Waals surface area contributed by atoms with Crippen molar-refractivity contribution in [2.45, 2.75) is 18.9 Å². The van der Waals surface area contributed by atoms with E-state index in [1.165, 1.54) is 6.07 Å². The highest BCUT2D eigenvalue weighted by molar-refractivity contribution is 14.1. The number of rotatable bonds is 5.